The van der Waals surface area contributed by atoms with Gasteiger partial charge in [0.1, 0.15) is 0 Å². The number of methoxy groups -OCH3 is 1. The lowest BCUT2D eigenvalue weighted by Gasteiger charge is -2.53. The van der Waals surface area contributed by atoms with E-state index in [9.17, 15) is 14.7 Å². The SMILES string of the molecule is COCCN1C(=O)c2c(O)c(=O)ccn2N(Cc2ccccc2)C12CCOC2. The largest absolute Gasteiger partial charge is 0.502 e. The second-order valence-corrected chi connectivity index (χ2v) is 7.00. The molecule has 148 valence electrons. The van der Waals surface area contributed by atoms with Crippen molar-refractivity contribution < 1.29 is 19.4 Å². The summed E-state index contributed by atoms with van der Waals surface area (Å²) in [6.45, 7) is 2.00. The van der Waals surface area contributed by atoms with Gasteiger partial charge in [0.05, 0.1) is 26.4 Å². The molecule has 0 aliphatic carbocycles. The van der Waals surface area contributed by atoms with Gasteiger partial charge in [-0.25, -0.2) is 0 Å². The molecule has 1 saturated heterocycles. The van der Waals surface area contributed by atoms with Crippen LogP contribution in [-0.4, -0.2) is 59.7 Å². The van der Waals surface area contributed by atoms with Crippen LogP contribution >= 0.6 is 0 Å². The van der Waals surface area contributed by atoms with Crippen molar-refractivity contribution in [1.29, 1.82) is 0 Å². The summed E-state index contributed by atoms with van der Waals surface area (Å²) in [7, 11) is 1.57. The number of amides is 1. The summed E-state index contributed by atoms with van der Waals surface area (Å²) < 4.78 is 12.5. The highest BCUT2D eigenvalue weighted by molar-refractivity contribution is 5.97. The van der Waals surface area contributed by atoms with Gasteiger partial charge in [0, 0.05) is 32.3 Å². The molecule has 1 unspecified atom stereocenters. The lowest BCUT2D eigenvalue weighted by atomic mass is 10.0. The lowest BCUT2D eigenvalue weighted by molar-refractivity contribution is 0.00877. The van der Waals surface area contributed by atoms with Gasteiger partial charge in [0.25, 0.3) is 5.91 Å². The molecule has 1 N–H and O–H groups in total. The number of ether oxygens (including phenoxy) is 2. The smallest absolute Gasteiger partial charge is 0.278 e. The standard InChI is InChI=1S/C20H23N3O5/c1-27-12-10-21-19(26)17-18(25)16(24)7-9-22(17)23(20(21)8-11-28-14-20)13-15-5-3-2-4-6-15/h2-7,9,25H,8,10-14H2,1H3. The van der Waals surface area contributed by atoms with Crippen LogP contribution in [0.15, 0.2) is 47.4 Å². The third-order valence-electron chi connectivity index (χ3n) is 5.42. The highest BCUT2D eigenvalue weighted by atomic mass is 16.5. The minimum atomic E-state index is -0.722. The molecule has 28 heavy (non-hydrogen) atoms. The van der Waals surface area contributed by atoms with Crippen molar-refractivity contribution in [3.63, 3.8) is 0 Å². The number of carbonyl (C=O) groups is 1. The summed E-state index contributed by atoms with van der Waals surface area (Å²) in [5.74, 6) is -0.941. The van der Waals surface area contributed by atoms with Crippen molar-refractivity contribution in [2.75, 3.05) is 38.5 Å². The maximum atomic E-state index is 13.3. The van der Waals surface area contributed by atoms with Crippen LogP contribution in [0.3, 0.4) is 0 Å². The van der Waals surface area contributed by atoms with Crippen LogP contribution in [0.5, 0.6) is 5.75 Å². The van der Waals surface area contributed by atoms with Gasteiger partial charge in [-0.15, -0.1) is 0 Å². The second-order valence-electron chi connectivity index (χ2n) is 7.00. The van der Waals surface area contributed by atoms with Crippen LogP contribution in [0.25, 0.3) is 0 Å². The van der Waals surface area contributed by atoms with E-state index in [1.807, 2.05) is 35.3 Å². The van der Waals surface area contributed by atoms with E-state index in [-0.39, 0.29) is 5.69 Å². The van der Waals surface area contributed by atoms with Crippen LogP contribution < -0.4 is 10.4 Å². The molecule has 1 spiro atoms. The summed E-state index contributed by atoms with van der Waals surface area (Å²) in [5, 5.41) is 12.4. The van der Waals surface area contributed by atoms with E-state index in [4.69, 9.17) is 9.47 Å². The minimum absolute atomic E-state index is 0.0305. The first-order valence-corrected chi connectivity index (χ1v) is 9.23. The van der Waals surface area contributed by atoms with Crippen molar-refractivity contribution in [3.05, 3.63) is 64.1 Å². The first kappa shape index (κ1) is 18.5. The molecule has 0 radical (unpaired) electrons. The van der Waals surface area contributed by atoms with E-state index in [1.54, 1.807) is 22.9 Å². The van der Waals surface area contributed by atoms with Crippen molar-refractivity contribution in [3.8, 4) is 5.75 Å². The summed E-state index contributed by atoms with van der Waals surface area (Å²) in [6.07, 6.45) is 2.16. The first-order chi connectivity index (χ1) is 13.6. The van der Waals surface area contributed by atoms with Crippen LogP contribution in [0.4, 0.5) is 0 Å². The predicted molar refractivity (Wildman–Crippen MR) is 102 cm³/mol. The number of fused-ring (bicyclic) bond motifs is 1. The van der Waals surface area contributed by atoms with E-state index >= 15 is 0 Å². The average molecular weight is 385 g/mol. The van der Waals surface area contributed by atoms with Gasteiger partial charge in [-0.05, 0) is 5.56 Å². The Morgan fingerprint density at radius 1 is 1.21 bits per heavy atom. The number of hydrogen-bond acceptors (Lipinski definition) is 6. The molecular formula is C20H23N3O5. The molecule has 1 amide bonds. The van der Waals surface area contributed by atoms with E-state index in [0.29, 0.717) is 39.3 Å². The molecule has 3 heterocycles. The Balaban J connectivity index is 1.89. The fraction of sp³-hybridized carbons (Fsp3) is 0.400. The fourth-order valence-electron chi connectivity index (χ4n) is 4.01. The summed E-state index contributed by atoms with van der Waals surface area (Å²) in [5.41, 5.74) is -0.291. The second kappa shape index (κ2) is 7.29. The van der Waals surface area contributed by atoms with E-state index in [1.165, 1.54) is 6.07 Å². The summed E-state index contributed by atoms with van der Waals surface area (Å²) in [6, 6.07) is 11.1. The van der Waals surface area contributed by atoms with Gasteiger partial charge < -0.3 is 19.5 Å². The molecule has 1 fully saturated rings. The van der Waals surface area contributed by atoms with Crippen LogP contribution in [-0.2, 0) is 16.0 Å². The van der Waals surface area contributed by atoms with E-state index in [0.717, 1.165) is 5.56 Å². The number of aromatic nitrogens is 1. The van der Waals surface area contributed by atoms with E-state index in [2.05, 4.69) is 0 Å². The number of benzene rings is 1. The van der Waals surface area contributed by atoms with E-state index < -0.39 is 22.7 Å². The Hall–Kier alpha value is -2.84. The molecule has 2 aliphatic heterocycles. The zero-order valence-corrected chi connectivity index (χ0v) is 15.7. The number of carbonyl (C=O) groups excluding carboxylic acids is 1. The van der Waals surface area contributed by atoms with Gasteiger partial charge in [-0.1, -0.05) is 30.3 Å². The number of aromatic hydroxyl groups is 1. The Labute approximate surface area is 162 Å². The third kappa shape index (κ3) is 2.85. The molecule has 1 atom stereocenters. The minimum Gasteiger partial charge on any atom is -0.502 e. The Morgan fingerprint density at radius 2 is 2.00 bits per heavy atom. The van der Waals surface area contributed by atoms with Gasteiger partial charge in [-0.2, -0.15) is 0 Å². The van der Waals surface area contributed by atoms with Crippen molar-refractivity contribution in [1.82, 2.24) is 9.58 Å². The van der Waals surface area contributed by atoms with Crippen LogP contribution in [0.1, 0.15) is 22.5 Å². The molecule has 0 saturated carbocycles. The number of nitrogens with zero attached hydrogens (tertiary/aromatic N) is 3. The van der Waals surface area contributed by atoms with Gasteiger partial charge in [-0.3, -0.25) is 19.3 Å². The van der Waals surface area contributed by atoms with Crippen molar-refractivity contribution in [2.24, 2.45) is 0 Å². The van der Waals surface area contributed by atoms with Crippen molar-refractivity contribution in [2.45, 2.75) is 18.6 Å². The molecule has 8 nitrogen and oxygen atoms in total. The molecule has 1 aromatic heterocycles. The molecule has 2 aliphatic rings. The topological polar surface area (TPSA) is 84.2 Å². The Bertz CT molecular complexity index is 921. The fourth-order valence-corrected chi connectivity index (χ4v) is 4.01. The first-order valence-electron chi connectivity index (χ1n) is 9.23. The lowest BCUT2D eigenvalue weighted by Crippen LogP contribution is -2.71. The van der Waals surface area contributed by atoms with Crippen molar-refractivity contribution >= 4 is 5.91 Å². The normalized spacial score (nSPS) is 21.4. The van der Waals surface area contributed by atoms with Gasteiger partial charge in [0.15, 0.2) is 17.1 Å². The molecule has 0 bridgehead atoms. The van der Waals surface area contributed by atoms with Crippen LogP contribution in [0, 0.1) is 0 Å². The molecule has 1 aromatic carbocycles. The summed E-state index contributed by atoms with van der Waals surface area (Å²) in [4.78, 5) is 27.0. The predicted octanol–water partition coefficient (Wildman–Crippen LogP) is 0.911. The Morgan fingerprint density at radius 3 is 2.68 bits per heavy atom. The maximum Gasteiger partial charge on any atom is 0.278 e. The number of pyridine rings is 1. The highest BCUT2D eigenvalue weighted by Gasteiger charge is 2.53. The highest BCUT2D eigenvalue weighted by Crippen LogP contribution is 2.37. The maximum absolute atomic E-state index is 13.3. The van der Waals surface area contributed by atoms with Crippen LogP contribution in [0.2, 0.25) is 0 Å². The number of hydrogen-bond donors (Lipinski definition) is 1. The van der Waals surface area contributed by atoms with Gasteiger partial charge in [0.2, 0.25) is 5.43 Å². The quantitative estimate of drug-likeness (QED) is 0.824. The summed E-state index contributed by atoms with van der Waals surface area (Å²) >= 11 is 0. The third-order valence-corrected chi connectivity index (χ3v) is 5.42. The molecular weight excluding hydrogens is 362 g/mol. The monoisotopic (exact) mass is 385 g/mol. The zero-order chi connectivity index (χ0) is 19.7. The molecule has 2 aromatic rings. The number of rotatable bonds is 5. The molecule has 4 rings (SSSR count). The average Bonchev–Trinajstić information content (AvgIpc) is 3.18. The van der Waals surface area contributed by atoms with Gasteiger partial charge >= 0.3 is 0 Å². The Kier molecular flexibility index (Phi) is 4.82. The zero-order valence-electron chi connectivity index (χ0n) is 15.7. The molecule has 8 heteroatoms.